The number of carboxylic acids is 1. The van der Waals surface area contributed by atoms with Crippen LogP contribution in [0.4, 0.5) is 0 Å². The van der Waals surface area contributed by atoms with E-state index in [2.05, 4.69) is 10.00 Å². The third kappa shape index (κ3) is 3.37. The van der Waals surface area contributed by atoms with E-state index in [0.717, 1.165) is 57.4 Å². The van der Waals surface area contributed by atoms with Crippen LogP contribution >= 0.6 is 0 Å². The first kappa shape index (κ1) is 17.5. The summed E-state index contributed by atoms with van der Waals surface area (Å²) in [4.78, 5) is 28.2. The molecule has 3 heterocycles. The number of aryl methyl sites for hydroxylation is 1. The first-order valence-corrected chi connectivity index (χ1v) is 9.77. The lowest BCUT2D eigenvalue weighted by Gasteiger charge is -2.39. The van der Waals surface area contributed by atoms with Crippen LogP contribution in [-0.2, 0) is 22.7 Å². The van der Waals surface area contributed by atoms with Crippen LogP contribution in [0.3, 0.4) is 0 Å². The molecule has 3 fully saturated rings. The smallest absolute Gasteiger partial charge is 0.320 e. The average molecular weight is 360 g/mol. The lowest BCUT2D eigenvalue weighted by atomic mass is 9.76. The van der Waals surface area contributed by atoms with Crippen LogP contribution in [-0.4, -0.2) is 62.2 Å². The molecule has 7 nitrogen and oxygen atoms in total. The maximum absolute atomic E-state index is 12.3. The molecule has 1 N–H and O–H groups in total. The monoisotopic (exact) mass is 360 g/mol. The largest absolute Gasteiger partial charge is 0.480 e. The van der Waals surface area contributed by atoms with Crippen LogP contribution in [0.25, 0.3) is 0 Å². The van der Waals surface area contributed by atoms with Crippen molar-refractivity contribution in [1.82, 2.24) is 19.6 Å². The highest BCUT2D eigenvalue weighted by Gasteiger charge is 2.49. The Labute approximate surface area is 153 Å². The zero-order chi connectivity index (χ0) is 18.3. The molecular weight excluding hydrogens is 332 g/mol. The second-order valence-corrected chi connectivity index (χ2v) is 8.27. The number of aromatic nitrogens is 2. The Hall–Kier alpha value is -1.89. The van der Waals surface area contributed by atoms with Gasteiger partial charge in [0, 0.05) is 50.4 Å². The highest BCUT2D eigenvalue weighted by Crippen LogP contribution is 2.44. The minimum atomic E-state index is -0.735. The number of piperidine rings is 1. The van der Waals surface area contributed by atoms with E-state index in [1.165, 1.54) is 0 Å². The third-order valence-corrected chi connectivity index (χ3v) is 6.35. The maximum Gasteiger partial charge on any atom is 0.320 e. The SMILES string of the molecule is CCn1cc(CN2CC3(CCN(C(=O)C4CC4)CC3)CC2C(=O)O)cn1. The Kier molecular flexibility index (Phi) is 4.50. The summed E-state index contributed by atoms with van der Waals surface area (Å²) in [6.45, 7) is 5.85. The molecule has 142 valence electrons. The number of likely N-dealkylation sites (tertiary alicyclic amines) is 2. The number of hydrogen-bond acceptors (Lipinski definition) is 4. The van der Waals surface area contributed by atoms with Gasteiger partial charge in [-0.3, -0.25) is 19.2 Å². The lowest BCUT2D eigenvalue weighted by Crippen LogP contribution is -2.44. The van der Waals surface area contributed by atoms with Crippen molar-refractivity contribution in [2.45, 2.75) is 58.2 Å². The molecule has 7 heteroatoms. The molecular formula is C19H28N4O3. The van der Waals surface area contributed by atoms with Crippen molar-refractivity contribution >= 4 is 11.9 Å². The summed E-state index contributed by atoms with van der Waals surface area (Å²) in [6.07, 6.45) is 8.45. The predicted molar refractivity (Wildman–Crippen MR) is 95.3 cm³/mol. The quantitative estimate of drug-likeness (QED) is 0.862. The molecule has 2 saturated heterocycles. The molecule has 3 aliphatic rings. The number of carboxylic acid groups (broad SMARTS) is 1. The summed E-state index contributed by atoms with van der Waals surface area (Å²) in [5.41, 5.74) is 1.10. The van der Waals surface area contributed by atoms with Gasteiger partial charge in [-0.2, -0.15) is 5.10 Å². The van der Waals surface area contributed by atoms with E-state index < -0.39 is 12.0 Å². The minimum Gasteiger partial charge on any atom is -0.480 e. The van der Waals surface area contributed by atoms with Gasteiger partial charge >= 0.3 is 5.97 Å². The van der Waals surface area contributed by atoms with Crippen LogP contribution in [0.2, 0.25) is 0 Å². The Morgan fingerprint density at radius 2 is 2.04 bits per heavy atom. The van der Waals surface area contributed by atoms with Crippen molar-refractivity contribution in [3.8, 4) is 0 Å². The Morgan fingerprint density at radius 3 is 2.62 bits per heavy atom. The first-order chi connectivity index (χ1) is 12.5. The highest BCUT2D eigenvalue weighted by atomic mass is 16.4. The van der Waals surface area contributed by atoms with Gasteiger partial charge in [0.1, 0.15) is 6.04 Å². The van der Waals surface area contributed by atoms with Crippen molar-refractivity contribution in [1.29, 1.82) is 0 Å². The normalized spacial score (nSPS) is 25.7. The van der Waals surface area contributed by atoms with Gasteiger partial charge in [-0.15, -0.1) is 0 Å². The zero-order valence-electron chi connectivity index (χ0n) is 15.4. The third-order valence-electron chi connectivity index (χ3n) is 6.35. The molecule has 1 aromatic rings. The van der Waals surface area contributed by atoms with Gasteiger partial charge in [-0.05, 0) is 44.4 Å². The van der Waals surface area contributed by atoms with Gasteiger partial charge in [-0.25, -0.2) is 0 Å². The van der Waals surface area contributed by atoms with Crippen molar-refractivity contribution in [2.24, 2.45) is 11.3 Å². The molecule has 1 amide bonds. The van der Waals surface area contributed by atoms with Gasteiger partial charge in [0.25, 0.3) is 0 Å². The van der Waals surface area contributed by atoms with Gasteiger partial charge in [0.2, 0.25) is 5.91 Å². The molecule has 0 aromatic carbocycles. The fourth-order valence-corrected chi connectivity index (χ4v) is 4.60. The van der Waals surface area contributed by atoms with Crippen LogP contribution in [0.1, 0.15) is 44.6 Å². The van der Waals surface area contributed by atoms with E-state index in [9.17, 15) is 14.7 Å². The van der Waals surface area contributed by atoms with E-state index in [1.807, 2.05) is 28.9 Å². The maximum atomic E-state index is 12.3. The second kappa shape index (κ2) is 6.68. The fraction of sp³-hybridized carbons (Fsp3) is 0.737. The van der Waals surface area contributed by atoms with Crippen LogP contribution in [0, 0.1) is 11.3 Å². The fourth-order valence-electron chi connectivity index (χ4n) is 4.60. The molecule has 1 atom stereocenters. The number of amides is 1. The molecule has 1 aliphatic carbocycles. The van der Waals surface area contributed by atoms with Gasteiger partial charge < -0.3 is 10.0 Å². The minimum absolute atomic E-state index is 0.0319. The highest BCUT2D eigenvalue weighted by molar-refractivity contribution is 5.81. The Balaban J connectivity index is 1.42. The summed E-state index contributed by atoms with van der Waals surface area (Å²) in [6, 6.07) is -0.439. The molecule has 1 unspecified atom stereocenters. The number of nitrogens with zero attached hydrogens (tertiary/aromatic N) is 4. The molecule has 0 bridgehead atoms. The summed E-state index contributed by atoms with van der Waals surface area (Å²) in [7, 11) is 0. The van der Waals surface area contributed by atoms with Gasteiger partial charge in [0.15, 0.2) is 0 Å². The van der Waals surface area contributed by atoms with Crippen molar-refractivity contribution < 1.29 is 14.7 Å². The molecule has 1 aromatic heterocycles. The Morgan fingerprint density at radius 1 is 1.31 bits per heavy atom. The van der Waals surface area contributed by atoms with Crippen molar-refractivity contribution in [3.05, 3.63) is 18.0 Å². The van der Waals surface area contributed by atoms with Crippen molar-refractivity contribution in [3.63, 3.8) is 0 Å². The van der Waals surface area contributed by atoms with Crippen LogP contribution < -0.4 is 0 Å². The summed E-state index contributed by atoms with van der Waals surface area (Å²) in [5.74, 6) is -0.149. The van der Waals surface area contributed by atoms with E-state index in [4.69, 9.17) is 0 Å². The van der Waals surface area contributed by atoms with Gasteiger partial charge in [-0.1, -0.05) is 0 Å². The first-order valence-electron chi connectivity index (χ1n) is 9.77. The topological polar surface area (TPSA) is 78.7 Å². The Bertz CT molecular complexity index is 689. The standard InChI is InChI=1S/C19H28N4O3/c1-2-23-12-14(10-20-23)11-22-13-19(9-16(22)18(25)26)5-7-21(8-6-19)17(24)15-3-4-15/h10,12,15-16H,2-9,11,13H2,1H3,(H,25,26). The predicted octanol–water partition coefficient (Wildman–Crippen LogP) is 1.58. The molecule has 4 rings (SSSR count). The zero-order valence-corrected chi connectivity index (χ0v) is 15.4. The van der Waals surface area contributed by atoms with Crippen LogP contribution in [0.5, 0.6) is 0 Å². The van der Waals surface area contributed by atoms with Gasteiger partial charge in [0.05, 0.1) is 6.20 Å². The van der Waals surface area contributed by atoms with E-state index in [-0.39, 0.29) is 11.3 Å². The molecule has 1 saturated carbocycles. The summed E-state index contributed by atoms with van der Waals surface area (Å²) < 4.78 is 1.87. The number of aliphatic carboxylic acids is 1. The summed E-state index contributed by atoms with van der Waals surface area (Å²) >= 11 is 0. The molecule has 1 spiro atoms. The van der Waals surface area contributed by atoms with Crippen molar-refractivity contribution in [2.75, 3.05) is 19.6 Å². The second-order valence-electron chi connectivity index (χ2n) is 8.27. The molecule has 2 aliphatic heterocycles. The number of hydrogen-bond donors (Lipinski definition) is 1. The molecule has 0 radical (unpaired) electrons. The van der Waals surface area contributed by atoms with E-state index in [1.54, 1.807) is 0 Å². The average Bonchev–Trinajstić information content (AvgIpc) is 3.29. The number of rotatable bonds is 5. The lowest BCUT2D eigenvalue weighted by molar-refractivity contribution is -0.142. The molecule has 26 heavy (non-hydrogen) atoms. The number of carbonyl (C=O) groups is 2. The summed E-state index contributed by atoms with van der Waals surface area (Å²) in [5, 5.41) is 14.0. The number of carbonyl (C=O) groups excluding carboxylic acids is 1. The van der Waals surface area contributed by atoms with Crippen LogP contribution in [0.15, 0.2) is 12.4 Å². The van der Waals surface area contributed by atoms with E-state index >= 15 is 0 Å². The van der Waals surface area contributed by atoms with E-state index in [0.29, 0.717) is 18.9 Å².